The first-order valence-corrected chi connectivity index (χ1v) is 5.27. The quantitative estimate of drug-likeness (QED) is 0.713. The lowest BCUT2D eigenvalue weighted by Crippen LogP contribution is -1.90. The van der Waals surface area contributed by atoms with Crippen molar-refractivity contribution < 1.29 is 8.78 Å². The summed E-state index contributed by atoms with van der Waals surface area (Å²) in [6, 6.07) is 2.56. The third kappa shape index (κ3) is 1.44. The fourth-order valence-corrected chi connectivity index (χ4v) is 1.89. The fraction of sp³-hybridized carbons (Fsp3) is 0. The molecule has 72 valence electrons. The van der Waals surface area contributed by atoms with Crippen LogP contribution in [-0.2, 0) is 0 Å². The van der Waals surface area contributed by atoms with Gasteiger partial charge in [-0.15, -0.1) is 0 Å². The van der Waals surface area contributed by atoms with Crippen LogP contribution < -0.4 is 0 Å². The van der Waals surface area contributed by atoms with Gasteiger partial charge in [-0.05, 0) is 44.0 Å². The highest BCUT2D eigenvalue weighted by molar-refractivity contribution is 9.13. The monoisotopic (exact) mass is 321 g/mol. The van der Waals surface area contributed by atoms with Crippen LogP contribution in [0.3, 0.4) is 0 Å². The Morgan fingerprint density at radius 3 is 2.57 bits per heavy atom. The topological polar surface area (TPSA) is 12.9 Å². The van der Waals surface area contributed by atoms with Gasteiger partial charge >= 0.3 is 0 Å². The molecule has 1 aromatic heterocycles. The van der Waals surface area contributed by atoms with E-state index < -0.39 is 11.6 Å². The molecule has 2 aromatic rings. The zero-order valence-corrected chi connectivity index (χ0v) is 9.86. The molecule has 2 rings (SSSR count). The molecular weight excluding hydrogens is 320 g/mol. The first-order valence-electron chi connectivity index (χ1n) is 3.69. The molecule has 1 heterocycles. The number of halogens is 4. The number of benzene rings is 1. The molecule has 0 saturated carbocycles. The summed E-state index contributed by atoms with van der Waals surface area (Å²) in [5.41, 5.74) is 0.0278. The lowest BCUT2D eigenvalue weighted by atomic mass is 10.2. The second-order valence-corrected chi connectivity index (χ2v) is 4.32. The van der Waals surface area contributed by atoms with Crippen molar-refractivity contribution in [3.05, 3.63) is 38.9 Å². The minimum Gasteiger partial charge on any atom is -0.252 e. The lowest BCUT2D eigenvalue weighted by Gasteiger charge is -2.03. The van der Waals surface area contributed by atoms with Crippen LogP contribution in [0.1, 0.15) is 0 Å². The number of aromatic nitrogens is 1. The van der Waals surface area contributed by atoms with Gasteiger partial charge in [-0.2, -0.15) is 0 Å². The number of pyridine rings is 1. The highest BCUT2D eigenvalue weighted by atomic mass is 79.9. The average molecular weight is 323 g/mol. The number of rotatable bonds is 0. The highest BCUT2D eigenvalue weighted by Gasteiger charge is 2.11. The molecule has 5 heteroatoms. The van der Waals surface area contributed by atoms with Gasteiger partial charge in [-0.3, -0.25) is 4.98 Å². The number of fused-ring (bicyclic) bond motifs is 1. The summed E-state index contributed by atoms with van der Waals surface area (Å²) >= 11 is 6.50. The summed E-state index contributed by atoms with van der Waals surface area (Å²) in [6.07, 6.45) is 1.43. The number of nitrogens with zero attached hydrogens (tertiary/aromatic N) is 1. The molecule has 0 fully saturated rings. The molecule has 14 heavy (non-hydrogen) atoms. The predicted octanol–water partition coefficient (Wildman–Crippen LogP) is 4.04. The number of hydrogen-bond donors (Lipinski definition) is 0. The maximum absolute atomic E-state index is 13.2. The van der Waals surface area contributed by atoms with Gasteiger partial charge in [0.15, 0.2) is 11.6 Å². The second kappa shape index (κ2) is 3.55. The molecule has 0 saturated heterocycles. The fourth-order valence-electron chi connectivity index (χ4n) is 1.15. The van der Waals surface area contributed by atoms with Gasteiger partial charge in [-0.25, -0.2) is 8.78 Å². The van der Waals surface area contributed by atoms with Crippen molar-refractivity contribution in [1.29, 1.82) is 0 Å². The van der Waals surface area contributed by atoms with E-state index in [9.17, 15) is 8.78 Å². The van der Waals surface area contributed by atoms with Crippen LogP contribution in [0.25, 0.3) is 10.9 Å². The Morgan fingerprint density at radius 2 is 1.86 bits per heavy atom. The Bertz CT molecular complexity index is 466. The van der Waals surface area contributed by atoms with E-state index in [1.165, 1.54) is 12.3 Å². The predicted molar refractivity (Wildman–Crippen MR) is 57.1 cm³/mol. The zero-order valence-electron chi connectivity index (χ0n) is 6.69. The maximum Gasteiger partial charge on any atom is 0.185 e. The molecule has 1 aromatic carbocycles. The molecule has 0 N–H and O–H groups in total. The van der Waals surface area contributed by atoms with Crippen LogP contribution >= 0.6 is 31.9 Å². The van der Waals surface area contributed by atoms with Crippen LogP contribution in [-0.4, -0.2) is 4.98 Å². The van der Waals surface area contributed by atoms with Gasteiger partial charge in [0.05, 0.1) is 4.47 Å². The summed E-state index contributed by atoms with van der Waals surface area (Å²) in [5.74, 6) is -1.81. The summed E-state index contributed by atoms with van der Waals surface area (Å²) in [4.78, 5) is 3.81. The van der Waals surface area contributed by atoms with Gasteiger partial charge in [0, 0.05) is 16.1 Å². The van der Waals surface area contributed by atoms with Crippen molar-refractivity contribution in [3.8, 4) is 0 Å². The smallest absolute Gasteiger partial charge is 0.185 e. The first kappa shape index (κ1) is 9.98. The van der Waals surface area contributed by atoms with Gasteiger partial charge in [0.1, 0.15) is 5.52 Å². The van der Waals surface area contributed by atoms with Crippen LogP contribution in [0.4, 0.5) is 8.78 Å². The van der Waals surface area contributed by atoms with Crippen molar-refractivity contribution in [2.45, 2.75) is 0 Å². The summed E-state index contributed by atoms with van der Waals surface area (Å²) in [5, 5.41) is 0.540. The molecule has 0 aliphatic rings. The molecule has 0 aliphatic heterocycles. The largest absolute Gasteiger partial charge is 0.252 e. The molecule has 0 bridgehead atoms. The normalized spacial score (nSPS) is 10.9. The molecule has 0 spiro atoms. The van der Waals surface area contributed by atoms with E-state index in [0.717, 1.165) is 6.07 Å². The van der Waals surface area contributed by atoms with Gasteiger partial charge in [0.2, 0.25) is 0 Å². The molecule has 1 nitrogen and oxygen atoms in total. The Morgan fingerprint density at radius 1 is 1.14 bits per heavy atom. The van der Waals surface area contributed by atoms with Gasteiger partial charge < -0.3 is 0 Å². The maximum atomic E-state index is 13.2. The number of hydrogen-bond acceptors (Lipinski definition) is 1. The van der Waals surface area contributed by atoms with Crippen molar-refractivity contribution in [2.24, 2.45) is 0 Å². The van der Waals surface area contributed by atoms with Crippen molar-refractivity contribution in [2.75, 3.05) is 0 Å². The van der Waals surface area contributed by atoms with Crippen molar-refractivity contribution in [1.82, 2.24) is 4.98 Å². The summed E-state index contributed by atoms with van der Waals surface area (Å²) in [7, 11) is 0. The molecule has 0 aliphatic carbocycles. The Labute approximate surface area is 95.4 Å². The Kier molecular flexibility index (Phi) is 2.53. The lowest BCUT2D eigenvalue weighted by molar-refractivity contribution is 0.515. The van der Waals surface area contributed by atoms with Crippen LogP contribution in [0, 0.1) is 11.6 Å². The summed E-state index contributed by atoms with van der Waals surface area (Å²) in [6.45, 7) is 0. The van der Waals surface area contributed by atoms with E-state index in [-0.39, 0.29) is 5.52 Å². The van der Waals surface area contributed by atoms with E-state index in [1.54, 1.807) is 0 Å². The zero-order chi connectivity index (χ0) is 10.3. The molecule has 0 unspecified atom stereocenters. The molecule has 0 amide bonds. The minimum absolute atomic E-state index is 0.0278. The van der Waals surface area contributed by atoms with E-state index in [1.807, 2.05) is 0 Å². The van der Waals surface area contributed by atoms with Crippen LogP contribution in [0.15, 0.2) is 27.3 Å². The Hall–Kier alpha value is -0.550. The average Bonchev–Trinajstić information content (AvgIpc) is 2.17. The standard InChI is InChI=1S/C9H3Br2F2N/c10-5-3-14-9-4(7(5)11)1-2-6(12)8(9)13/h1-3H. The second-order valence-electron chi connectivity index (χ2n) is 2.68. The Balaban J connectivity index is 2.94. The molecule has 0 radical (unpaired) electrons. The first-order chi connectivity index (χ1) is 6.61. The molecule has 0 atom stereocenters. The van der Waals surface area contributed by atoms with Crippen molar-refractivity contribution in [3.63, 3.8) is 0 Å². The minimum atomic E-state index is -0.921. The third-order valence-electron chi connectivity index (χ3n) is 1.82. The van der Waals surface area contributed by atoms with E-state index in [0.29, 0.717) is 14.3 Å². The summed E-state index contributed by atoms with van der Waals surface area (Å²) < 4.78 is 27.4. The van der Waals surface area contributed by atoms with E-state index >= 15 is 0 Å². The van der Waals surface area contributed by atoms with E-state index in [4.69, 9.17) is 0 Å². The van der Waals surface area contributed by atoms with E-state index in [2.05, 4.69) is 36.8 Å². The SMILES string of the molecule is Fc1ccc2c(Br)c(Br)cnc2c1F. The van der Waals surface area contributed by atoms with Gasteiger partial charge in [0.25, 0.3) is 0 Å². The highest BCUT2D eigenvalue weighted by Crippen LogP contribution is 2.31. The molecular formula is C9H3Br2F2N. The van der Waals surface area contributed by atoms with Crippen LogP contribution in [0.5, 0.6) is 0 Å². The van der Waals surface area contributed by atoms with Crippen LogP contribution in [0.2, 0.25) is 0 Å². The third-order valence-corrected chi connectivity index (χ3v) is 3.81. The van der Waals surface area contributed by atoms with Crippen molar-refractivity contribution >= 4 is 42.8 Å². The van der Waals surface area contributed by atoms with Gasteiger partial charge in [-0.1, -0.05) is 0 Å².